The molecular weight excluding hydrogens is 242 g/mol. The van der Waals surface area contributed by atoms with E-state index in [0.717, 1.165) is 16.7 Å². The minimum Gasteiger partial charge on any atom is -0.401 e. The maximum atomic E-state index is 12.1. The van der Waals surface area contributed by atoms with Crippen LogP contribution >= 0.6 is 11.3 Å². The lowest BCUT2D eigenvalue weighted by Crippen LogP contribution is -2.08. The third kappa shape index (κ3) is 1.87. The third-order valence-corrected chi connectivity index (χ3v) is 4.06. The molecule has 0 saturated carbocycles. The number of fused-ring (bicyclic) bond motifs is 1. The minimum absolute atomic E-state index is 0.144. The molecule has 0 fully saturated rings. The standard InChI is InChI=1S/C15H13NOS/c16-13(9-11-5-3-7-18-11)15-12-6-2-1-4-10(12)8-14(15)17/h1-7H,8-9,16H2/b15-13+. The summed E-state index contributed by atoms with van der Waals surface area (Å²) in [6, 6.07) is 11.9. The van der Waals surface area contributed by atoms with E-state index >= 15 is 0 Å². The van der Waals surface area contributed by atoms with Gasteiger partial charge in [0.05, 0.1) is 0 Å². The summed E-state index contributed by atoms with van der Waals surface area (Å²) in [6.07, 6.45) is 1.14. The highest BCUT2D eigenvalue weighted by Crippen LogP contribution is 2.31. The predicted molar refractivity (Wildman–Crippen MR) is 74.3 cm³/mol. The van der Waals surface area contributed by atoms with E-state index in [1.54, 1.807) is 11.3 Å². The molecule has 1 aliphatic rings. The average Bonchev–Trinajstić information content (AvgIpc) is 2.94. The summed E-state index contributed by atoms with van der Waals surface area (Å²) in [5.41, 5.74) is 9.65. The normalized spacial score (nSPS) is 16.8. The van der Waals surface area contributed by atoms with Crippen LogP contribution in [0.5, 0.6) is 0 Å². The fraction of sp³-hybridized carbons (Fsp3) is 0.133. The number of hydrogen-bond donors (Lipinski definition) is 1. The number of nitrogens with two attached hydrogens (primary N) is 1. The highest BCUT2D eigenvalue weighted by Gasteiger charge is 2.26. The first-order valence-electron chi connectivity index (χ1n) is 5.88. The number of hydrogen-bond acceptors (Lipinski definition) is 3. The predicted octanol–water partition coefficient (Wildman–Crippen LogP) is 2.79. The number of Topliss-reactive ketones (excluding diaryl/α,β-unsaturated/α-hetero) is 1. The maximum absolute atomic E-state index is 12.1. The Morgan fingerprint density at radius 2 is 2.06 bits per heavy atom. The Bertz CT molecular complexity index is 626. The van der Waals surface area contributed by atoms with Crippen molar-refractivity contribution in [2.24, 2.45) is 5.73 Å². The summed E-state index contributed by atoms with van der Waals surface area (Å²) in [6.45, 7) is 0. The topological polar surface area (TPSA) is 43.1 Å². The first-order valence-corrected chi connectivity index (χ1v) is 6.76. The zero-order chi connectivity index (χ0) is 12.5. The number of benzene rings is 1. The minimum atomic E-state index is 0.144. The van der Waals surface area contributed by atoms with Crippen molar-refractivity contribution in [1.29, 1.82) is 0 Å². The van der Waals surface area contributed by atoms with E-state index in [1.807, 2.05) is 41.8 Å². The molecule has 2 N–H and O–H groups in total. The van der Waals surface area contributed by atoms with Crippen LogP contribution in [0.2, 0.25) is 0 Å². The molecule has 1 aromatic heterocycles. The SMILES string of the molecule is N/C(Cc1cccs1)=C1/C(=O)Cc2ccccc21. The summed E-state index contributed by atoms with van der Waals surface area (Å²) in [7, 11) is 0. The van der Waals surface area contributed by atoms with Crippen molar-refractivity contribution in [3.8, 4) is 0 Å². The average molecular weight is 255 g/mol. The van der Waals surface area contributed by atoms with E-state index in [9.17, 15) is 4.79 Å². The van der Waals surface area contributed by atoms with E-state index in [1.165, 1.54) is 4.88 Å². The quantitative estimate of drug-likeness (QED) is 0.838. The highest BCUT2D eigenvalue weighted by atomic mass is 32.1. The second kappa shape index (κ2) is 4.42. The van der Waals surface area contributed by atoms with Crippen molar-refractivity contribution in [1.82, 2.24) is 0 Å². The monoisotopic (exact) mass is 255 g/mol. The molecule has 1 aliphatic carbocycles. The number of allylic oxidation sites excluding steroid dienone is 2. The van der Waals surface area contributed by atoms with Crippen LogP contribution < -0.4 is 5.73 Å². The molecule has 2 aromatic rings. The van der Waals surface area contributed by atoms with Crippen LogP contribution in [0.3, 0.4) is 0 Å². The molecule has 90 valence electrons. The maximum Gasteiger partial charge on any atom is 0.169 e. The van der Waals surface area contributed by atoms with Crippen molar-refractivity contribution in [3.05, 3.63) is 63.5 Å². The molecule has 3 rings (SSSR count). The molecule has 0 atom stereocenters. The van der Waals surface area contributed by atoms with E-state index in [4.69, 9.17) is 5.73 Å². The summed E-state index contributed by atoms with van der Waals surface area (Å²) >= 11 is 1.67. The Labute approximate surface area is 110 Å². The van der Waals surface area contributed by atoms with Gasteiger partial charge in [0.15, 0.2) is 5.78 Å². The van der Waals surface area contributed by atoms with Crippen LogP contribution in [-0.4, -0.2) is 5.78 Å². The molecule has 0 aliphatic heterocycles. The Hall–Kier alpha value is -1.87. The van der Waals surface area contributed by atoms with Crippen molar-refractivity contribution in [2.75, 3.05) is 0 Å². The van der Waals surface area contributed by atoms with Gasteiger partial charge in [-0.2, -0.15) is 0 Å². The molecule has 2 nitrogen and oxygen atoms in total. The molecule has 0 spiro atoms. The Morgan fingerprint density at radius 3 is 2.83 bits per heavy atom. The van der Waals surface area contributed by atoms with Gasteiger partial charge in [-0.05, 0) is 22.6 Å². The Balaban J connectivity index is 2.02. The molecule has 1 heterocycles. The van der Waals surface area contributed by atoms with E-state index in [-0.39, 0.29) is 5.78 Å². The lowest BCUT2D eigenvalue weighted by molar-refractivity contribution is -0.112. The van der Waals surface area contributed by atoms with Crippen molar-refractivity contribution < 1.29 is 4.79 Å². The molecule has 3 heteroatoms. The lowest BCUT2D eigenvalue weighted by atomic mass is 10.0. The second-order valence-electron chi connectivity index (χ2n) is 4.41. The molecule has 0 bridgehead atoms. The van der Waals surface area contributed by atoms with Gasteiger partial charge < -0.3 is 5.73 Å². The van der Waals surface area contributed by atoms with E-state index in [0.29, 0.717) is 18.5 Å². The first kappa shape index (κ1) is 11.2. The second-order valence-corrected chi connectivity index (χ2v) is 5.45. The number of carbonyl (C=O) groups is 1. The molecule has 0 amide bonds. The van der Waals surface area contributed by atoms with Crippen LogP contribution in [0.4, 0.5) is 0 Å². The summed E-state index contributed by atoms with van der Waals surface area (Å²) < 4.78 is 0. The van der Waals surface area contributed by atoms with Gasteiger partial charge in [0.2, 0.25) is 0 Å². The summed E-state index contributed by atoms with van der Waals surface area (Å²) in [5.74, 6) is 0.144. The summed E-state index contributed by atoms with van der Waals surface area (Å²) in [4.78, 5) is 13.3. The van der Waals surface area contributed by atoms with E-state index in [2.05, 4.69) is 0 Å². The lowest BCUT2D eigenvalue weighted by Gasteiger charge is -2.05. The molecule has 18 heavy (non-hydrogen) atoms. The van der Waals surface area contributed by atoms with Gasteiger partial charge >= 0.3 is 0 Å². The van der Waals surface area contributed by atoms with Crippen LogP contribution in [0.15, 0.2) is 47.5 Å². The van der Waals surface area contributed by atoms with Gasteiger partial charge in [-0.1, -0.05) is 30.3 Å². The molecule has 1 aromatic carbocycles. The smallest absolute Gasteiger partial charge is 0.169 e. The van der Waals surface area contributed by atoms with E-state index < -0.39 is 0 Å². The zero-order valence-corrected chi connectivity index (χ0v) is 10.7. The van der Waals surface area contributed by atoms with Gasteiger partial charge in [-0.25, -0.2) is 0 Å². The van der Waals surface area contributed by atoms with Gasteiger partial charge in [-0.15, -0.1) is 11.3 Å². The van der Waals surface area contributed by atoms with Crippen molar-refractivity contribution >= 4 is 22.7 Å². The zero-order valence-electron chi connectivity index (χ0n) is 9.85. The molecular formula is C15H13NOS. The van der Waals surface area contributed by atoms with Gasteiger partial charge in [-0.3, -0.25) is 4.79 Å². The molecule has 0 saturated heterocycles. The number of carbonyl (C=O) groups excluding carboxylic acids is 1. The van der Waals surface area contributed by atoms with Crippen molar-refractivity contribution in [2.45, 2.75) is 12.8 Å². The number of thiophene rings is 1. The molecule has 0 radical (unpaired) electrons. The third-order valence-electron chi connectivity index (χ3n) is 3.18. The first-order chi connectivity index (χ1) is 8.75. The largest absolute Gasteiger partial charge is 0.401 e. The van der Waals surface area contributed by atoms with Crippen LogP contribution in [-0.2, 0) is 17.6 Å². The van der Waals surface area contributed by atoms with Gasteiger partial charge in [0.25, 0.3) is 0 Å². The molecule has 0 unspecified atom stereocenters. The van der Waals surface area contributed by atoms with Gasteiger partial charge in [0.1, 0.15) is 0 Å². The fourth-order valence-corrected chi connectivity index (χ4v) is 3.10. The Morgan fingerprint density at radius 1 is 1.22 bits per heavy atom. The summed E-state index contributed by atoms with van der Waals surface area (Å²) in [5, 5.41) is 2.03. The number of ketones is 1. The highest BCUT2D eigenvalue weighted by molar-refractivity contribution is 7.09. The van der Waals surface area contributed by atoms with Crippen LogP contribution in [0, 0.1) is 0 Å². The number of rotatable bonds is 2. The van der Waals surface area contributed by atoms with Crippen molar-refractivity contribution in [3.63, 3.8) is 0 Å². The fourth-order valence-electron chi connectivity index (χ4n) is 2.37. The Kier molecular flexibility index (Phi) is 2.76. The van der Waals surface area contributed by atoms with Gasteiger partial charge in [0, 0.05) is 29.0 Å². The van der Waals surface area contributed by atoms with Crippen LogP contribution in [0.25, 0.3) is 5.57 Å². The van der Waals surface area contributed by atoms with Crippen LogP contribution in [0.1, 0.15) is 16.0 Å².